The standard InChI is InChI=1S/C13H23N3O2/c1-6-7-8-16(5)12(17)14-11-9-10(18-15-11)13(2,3)4/h9H,6-8H2,1-5H3,(H,14,15,17). The van der Waals surface area contributed by atoms with Crippen LogP contribution in [0.25, 0.3) is 0 Å². The van der Waals surface area contributed by atoms with Gasteiger partial charge in [0.25, 0.3) is 0 Å². The van der Waals surface area contributed by atoms with Crippen LogP contribution in [-0.4, -0.2) is 29.7 Å². The van der Waals surface area contributed by atoms with Crippen LogP contribution in [0.15, 0.2) is 10.6 Å². The zero-order valence-corrected chi connectivity index (χ0v) is 11.9. The molecule has 1 aromatic heterocycles. The van der Waals surface area contributed by atoms with E-state index >= 15 is 0 Å². The van der Waals surface area contributed by atoms with Crippen molar-refractivity contribution in [1.82, 2.24) is 10.1 Å². The summed E-state index contributed by atoms with van der Waals surface area (Å²) in [6.45, 7) is 8.94. The summed E-state index contributed by atoms with van der Waals surface area (Å²) in [5, 5.41) is 6.58. The number of nitrogens with one attached hydrogen (secondary N) is 1. The predicted molar refractivity (Wildman–Crippen MR) is 71.8 cm³/mol. The van der Waals surface area contributed by atoms with Crippen LogP contribution in [-0.2, 0) is 5.41 Å². The number of unbranched alkanes of at least 4 members (excludes halogenated alkanes) is 1. The van der Waals surface area contributed by atoms with Gasteiger partial charge in [0.1, 0.15) is 5.76 Å². The van der Waals surface area contributed by atoms with Crippen molar-refractivity contribution in [1.29, 1.82) is 0 Å². The largest absolute Gasteiger partial charge is 0.359 e. The molecule has 0 fully saturated rings. The molecule has 0 aromatic carbocycles. The lowest BCUT2D eigenvalue weighted by Crippen LogP contribution is -2.32. The van der Waals surface area contributed by atoms with Crippen LogP contribution in [0.5, 0.6) is 0 Å². The number of hydrogen-bond acceptors (Lipinski definition) is 3. The van der Waals surface area contributed by atoms with Crippen molar-refractivity contribution in [2.75, 3.05) is 18.9 Å². The summed E-state index contributed by atoms with van der Waals surface area (Å²) in [7, 11) is 1.77. The van der Waals surface area contributed by atoms with E-state index in [1.807, 2.05) is 20.8 Å². The van der Waals surface area contributed by atoms with E-state index in [4.69, 9.17) is 4.52 Å². The Morgan fingerprint density at radius 1 is 1.50 bits per heavy atom. The Hall–Kier alpha value is -1.52. The van der Waals surface area contributed by atoms with E-state index in [1.165, 1.54) is 0 Å². The quantitative estimate of drug-likeness (QED) is 0.896. The van der Waals surface area contributed by atoms with Gasteiger partial charge in [-0.1, -0.05) is 39.3 Å². The van der Waals surface area contributed by atoms with E-state index < -0.39 is 0 Å². The van der Waals surface area contributed by atoms with Crippen LogP contribution in [0.3, 0.4) is 0 Å². The van der Waals surface area contributed by atoms with Gasteiger partial charge in [-0.3, -0.25) is 5.32 Å². The van der Waals surface area contributed by atoms with Gasteiger partial charge in [0, 0.05) is 25.1 Å². The molecule has 1 aromatic rings. The van der Waals surface area contributed by atoms with Gasteiger partial charge >= 0.3 is 6.03 Å². The molecule has 5 heteroatoms. The Morgan fingerprint density at radius 3 is 2.67 bits per heavy atom. The van der Waals surface area contributed by atoms with E-state index in [9.17, 15) is 4.79 Å². The third-order valence-corrected chi connectivity index (χ3v) is 2.68. The van der Waals surface area contributed by atoms with Crippen molar-refractivity contribution in [2.24, 2.45) is 0 Å². The fourth-order valence-electron chi connectivity index (χ4n) is 1.39. The van der Waals surface area contributed by atoms with Crippen LogP contribution in [0.4, 0.5) is 10.6 Å². The highest BCUT2D eigenvalue weighted by atomic mass is 16.5. The molecular formula is C13H23N3O2. The van der Waals surface area contributed by atoms with Crippen molar-refractivity contribution in [2.45, 2.75) is 46.0 Å². The lowest BCUT2D eigenvalue weighted by atomic mass is 9.93. The number of carbonyl (C=O) groups excluding carboxylic acids is 1. The number of hydrogen-bond donors (Lipinski definition) is 1. The van der Waals surface area contributed by atoms with Crippen molar-refractivity contribution in [3.8, 4) is 0 Å². The molecule has 0 aliphatic carbocycles. The second kappa shape index (κ2) is 5.89. The predicted octanol–water partition coefficient (Wildman–Crippen LogP) is 3.24. The Morgan fingerprint density at radius 2 is 2.17 bits per heavy atom. The number of nitrogens with zero attached hydrogens (tertiary/aromatic N) is 2. The molecule has 2 amide bonds. The molecule has 0 atom stereocenters. The topological polar surface area (TPSA) is 58.4 Å². The molecule has 0 unspecified atom stereocenters. The molecule has 102 valence electrons. The first-order valence-electron chi connectivity index (χ1n) is 6.34. The van der Waals surface area contributed by atoms with Crippen LogP contribution in [0.1, 0.15) is 46.3 Å². The van der Waals surface area contributed by atoms with Crippen molar-refractivity contribution >= 4 is 11.8 Å². The van der Waals surface area contributed by atoms with E-state index in [2.05, 4.69) is 17.4 Å². The van der Waals surface area contributed by atoms with Gasteiger partial charge < -0.3 is 9.42 Å². The molecule has 0 aliphatic heterocycles. The number of urea groups is 1. The van der Waals surface area contributed by atoms with Crippen LogP contribution in [0, 0.1) is 0 Å². The summed E-state index contributed by atoms with van der Waals surface area (Å²) in [6.07, 6.45) is 2.06. The van der Waals surface area contributed by atoms with Crippen LogP contribution < -0.4 is 5.32 Å². The van der Waals surface area contributed by atoms with Gasteiger partial charge in [-0.05, 0) is 6.42 Å². The van der Waals surface area contributed by atoms with Crippen molar-refractivity contribution < 1.29 is 9.32 Å². The molecule has 5 nitrogen and oxygen atoms in total. The zero-order valence-electron chi connectivity index (χ0n) is 11.9. The fraction of sp³-hybridized carbons (Fsp3) is 0.692. The molecule has 0 radical (unpaired) electrons. The number of aromatic nitrogens is 1. The first-order chi connectivity index (χ1) is 8.34. The summed E-state index contributed by atoms with van der Waals surface area (Å²) in [6, 6.07) is 1.61. The summed E-state index contributed by atoms with van der Waals surface area (Å²) >= 11 is 0. The van der Waals surface area contributed by atoms with Crippen LogP contribution in [0.2, 0.25) is 0 Å². The highest BCUT2D eigenvalue weighted by molar-refractivity contribution is 5.88. The number of amides is 2. The van der Waals surface area contributed by atoms with Gasteiger partial charge in [0.2, 0.25) is 0 Å². The summed E-state index contributed by atoms with van der Waals surface area (Å²) < 4.78 is 5.21. The van der Waals surface area contributed by atoms with E-state index in [-0.39, 0.29) is 11.4 Å². The van der Waals surface area contributed by atoms with Gasteiger partial charge in [0.05, 0.1) is 0 Å². The molecule has 0 saturated carbocycles. The molecule has 0 spiro atoms. The Bertz CT molecular complexity index is 393. The highest BCUT2D eigenvalue weighted by Gasteiger charge is 2.20. The molecule has 1 heterocycles. The van der Waals surface area contributed by atoms with Gasteiger partial charge in [0.15, 0.2) is 5.82 Å². The number of carbonyl (C=O) groups is 1. The van der Waals surface area contributed by atoms with Crippen molar-refractivity contribution in [3.05, 3.63) is 11.8 Å². The lowest BCUT2D eigenvalue weighted by Gasteiger charge is -2.16. The maximum absolute atomic E-state index is 11.8. The first-order valence-corrected chi connectivity index (χ1v) is 6.34. The summed E-state index contributed by atoms with van der Waals surface area (Å²) in [5.41, 5.74) is -0.107. The third-order valence-electron chi connectivity index (χ3n) is 2.68. The second-order valence-corrected chi connectivity index (χ2v) is 5.53. The van der Waals surface area contributed by atoms with Crippen molar-refractivity contribution in [3.63, 3.8) is 0 Å². The summed E-state index contributed by atoms with van der Waals surface area (Å²) in [4.78, 5) is 13.5. The number of anilines is 1. The molecule has 1 rings (SSSR count). The first kappa shape index (κ1) is 14.5. The smallest absolute Gasteiger partial charge is 0.322 e. The molecule has 0 aliphatic rings. The van der Waals surface area contributed by atoms with Gasteiger partial charge in [-0.2, -0.15) is 0 Å². The third kappa shape index (κ3) is 4.05. The molecule has 1 N–H and O–H groups in total. The van der Waals surface area contributed by atoms with Crippen LogP contribution >= 0.6 is 0 Å². The average Bonchev–Trinajstić information content (AvgIpc) is 2.73. The number of rotatable bonds is 4. The Balaban J connectivity index is 2.57. The normalized spacial score (nSPS) is 11.4. The average molecular weight is 253 g/mol. The van der Waals surface area contributed by atoms with Gasteiger partial charge in [-0.25, -0.2) is 4.79 Å². The summed E-state index contributed by atoms with van der Waals surface area (Å²) in [5.74, 6) is 1.22. The minimum Gasteiger partial charge on any atom is -0.359 e. The van der Waals surface area contributed by atoms with Gasteiger partial charge in [-0.15, -0.1) is 0 Å². The maximum atomic E-state index is 11.8. The van der Waals surface area contributed by atoms with E-state index in [1.54, 1.807) is 18.0 Å². The molecule has 0 saturated heterocycles. The Labute approximate surface area is 109 Å². The lowest BCUT2D eigenvalue weighted by molar-refractivity contribution is 0.221. The monoisotopic (exact) mass is 253 g/mol. The SMILES string of the molecule is CCCCN(C)C(=O)Nc1cc(C(C)(C)C)on1. The second-order valence-electron chi connectivity index (χ2n) is 5.53. The molecule has 0 bridgehead atoms. The molecule has 18 heavy (non-hydrogen) atoms. The minimum atomic E-state index is -0.155. The van der Waals surface area contributed by atoms with E-state index in [0.29, 0.717) is 5.82 Å². The zero-order chi connectivity index (χ0) is 13.8. The highest BCUT2D eigenvalue weighted by Crippen LogP contribution is 2.24. The Kier molecular flexibility index (Phi) is 4.76. The fourth-order valence-corrected chi connectivity index (χ4v) is 1.39. The molecular weight excluding hydrogens is 230 g/mol. The van der Waals surface area contributed by atoms with E-state index in [0.717, 1.165) is 25.1 Å². The maximum Gasteiger partial charge on any atom is 0.322 e. The minimum absolute atomic E-state index is 0.107.